The van der Waals surface area contributed by atoms with Crippen LogP contribution >= 0.6 is 0 Å². The molecular formula is C9H16N4. The van der Waals surface area contributed by atoms with Gasteiger partial charge in [-0.2, -0.15) is 0 Å². The van der Waals surface area contributed by atoms with Crippen molar-refractivity contribution < 1.29 is 0 Å². The van der Waals surface area contributed by atoms with Crippen LogP contribution in [0.25, 0.3) is 0 Å². The Morgan fingerprint density at radius 3 is 2.92 bits per heavy atom. The molecule has 1 aromatic heterocycles. The number of imidazole rings is 1. The summed E-state index contributed by atoms with van der Waals surface area (Å²) < 4.78 is 0. The monoisotopic (exact) mass is 180 g/mol. The van der Waals surface area contributed by atoms with E-state index in [-0.39, 0.29) is 0 Å². The normalized spacial score (nSPS) is 20.7. The Hall–Kier alpha value is -0.870. The molecule has 4 nitrogen and oxygen atoms in total. The van der Waals surface area contributed by atoms with E-state index in [0.29, 0.717) is 6.04 Å². The smallest absolute Gasteiger partial charge is 0.120 e. The number of H-pyrrole nitrogens is 1. The minimum atomic E-state index is 0.410. The molecule has 2 heterocycles. The standard InChI is InChI=1S/C9H16N4/c10-8-1-5-13(6-2-8)7-9-11-3-4-12-9/h3-4,8H,1-2,5-7,10H2,(H,11,12). The second kappa shape index (κ2) is 3.89. The van der Waals surface area contributed by atoms with E-state index in [1.165, 1.54) is 0 Å². The Morgan fingerprint density at radius 2 is 2.31 bits per heavy atom. The zero-order chi connectivity index (χ0) is 9.10. The molecule has 0 unspecified atom stereocenters. The van der Waals surface area contributed by atoms with Crippen molar-refractivity contribution >= 4 is 0 Å². The van der Waals surface area contributed by atoms with Crippen LogP contribution in [0.15, 0.2) is 12.4 Å². The zero-order valence-corrected chi connectivity index (χ0v) is 7.74. The van der Waals surface area contributed by atoms with Gasteiger partial charge in [0.05, 0.1) is 6.54 Å². The lowest BCUT2D eigenvalue weighted by atomic mass is 10.1. The van der Waals surface area contributed by atoms with E-state index < -0.39 is 0 Å². The summed E-state index contributed by atoms with van der Waals surface area (Å²) in [5.41, 5.74) is 5.82. The van der Waals surface area contributed by atoms with E-state index in [0.717, 1.165) is 38.3 Å². The minimum absolute atomic E-state index is 0.410. The lowest BCUT2D eigenvalue weighted by Crippen LogP contribution is -2.39. The van der Waals surface area contributed by atoms with Gasteiger partial charge in [0.1, 0.15) is 5.82 Å². The van der Waals surface area contributed by atoms with Crippen molar-refractivity contribution in [1.82, 2.24) is 14.9 Å². The van der Waals surface area contributed by atoms with Crippen LogP contribution in [-0.4, -0.2) is 34.0 Å². The molecule has 0 saturated carbocycles. The van der Waals surface area contributed by atoms with Gasteiger partial charge in [-0.1, -0.05) is 0 Å². The van der Waals surface area contributed by atoms with Crippen LogP contribution < -0.4 is 5.73 Å². The van der Waals surface area contributed by atoms with Crippen molar-refractivity contribution in [3.05, 3.63) is 18.2 Å². The summed E-state index contributed by atoms with van der Waals surface area (Å²) >= 11 is 0. The molecule has 72 valence electrons. The molecule has 2 rings (SSSR count). The minimum Gasteiger partial charge on any atom is -0.348 e. The van der Waals surface area contributed by atoms with Gasteiger partial charge >= 0.3 is 0 Å². The van der Waals surface area contributed by atoms with Gasteiger partial charge in [0.15, 0.2) is 0 Å². The first-order valence-electron chi connectivity index (χ1n) is 4.81. The van der Waals surface area contributed by atoms with Crippen molar-refractivity contribution in [3.8, 4) is 0 Å². The van der Waals surface area contributed by atoms with Crippen molar-refractivity contribution in [2.24, 2.45) is 5.73 Å². The number of nitrogens with two attached hydrogens (primary N) is 1. The number of piperidine rings is 1. The van der Waals surface area contributed by atoms with Crippen LogP contribution in [0, 0.1) is 0 Å². The predicted octanol–water partition coefficient (Wildman–Crippen LogP) is 0.333. The van der Waals surface area contributed by atoms with Crippen LogP contribution in [0.4, 0.5) is 0 Å². The third-order valence-electron chi connectivity index (χ3n) is 2.56. The lowest BCUT2D eigenvalue weighted by Gasteiger charge is -2.29. The summed E-state index contributed by atoms with van der Waals surface area (Å²) in [7, 11) is 0. The van der Waals surface area contributed by atoms with Crippen LogP contribution in [-0.2, 0) is 6.54 Å². The highest BCUT2D eigenvalue weighted by atomic mass is 15.2. The summed E-state index contributed by atoms with van der Waals surface area (Å²) in [4.78, 5) is 9.70. The van der Waals surface area contributed by atoms with Gasteiger partial charge < -0.3 is 10.7 Å². The highest BCUT2D eigenvalue weighted by Gasteiger charge is 2.16. The zero-order valence-electron chi connectivity index (χ0n) is 7.74. The molecule has 0 aromatic carbocycles. The van der Waals surface area contributed by atoms with Crippen molar-refractivity contribution in [2.45, 2.75) is 25.4 Å². The number of hydrogen-bond acceptors (Lipinski definition) is 3. The second-order valence-corrected chi connectivity index (χ2v) is 3.65. The topological polar surface area (TPSA) is 57.9 Å². The number of nitrogens with zero attached hydrogens (tertiary/aromatic N) is 2. The molecule has 0 aliphatic carbocycles. The molecule has 0 spiro atoms. The fraction of sp³-hybridized carbons (Fsp3) is 0.667. The van der Waals surface area contributed by atoms with Gasteiger partial charge in [-0.25, -0.2) is 4.98 Å². The van der Waals surface area contributed by atoms with Crippen LogP contribution in [0.3, 0.4) is 0 Å². The van der Waals surface area contributed by atoms with Crippen molar-refractivity contribution in [1.29, 1.82) is 0 Å². The maximum absolute atomic E-state index is 5.82. The number of hydrogen-bond donors (Lipinski definition) is 2. The molecule has 1 fully saturated rings. The summed E-state index contributed by atoms with van der Waals surface area (Å²) in [5, 5.41) is 0. The van der Waals surface area contributed by atoms with E-state index in [9.17, 15) is 0 Å². The maximum Gasteiger partial charge on any atom is 0.120 e. The van der Waals surface area contributed by atoms with E-state index in [4.69, 9.17) is 5.73 Å². The predicted molar refractivity (Wildman–Crippen MR) is 51.1 cm³/mol. The molecule has 0 bridgehead atoms. The molecule has 1 aliphatic heterocycles. The van der Waals surface area contributed by atoms with E-state index in [1.54, 1.807) is 6.20 Å². The Labute approximate surface area is 78.1 Å². The second-order valence-electron chi connectivity index (χ2n) is 3.65. The molecule has 1 aromatic rings. The SMILES string of the molecule is NC1CCN(Cc2ncc[nH]2)CC1. The highest BCUT2D eigenvalue weighted by Crippen LogP contribution is 2.09. The molecule has 4 heteroatoms. The number of nitrogens with one attached hydrogen (secondary N) is 1. The number of aromatic nitrogens is 2. The van der Waals surface area contributed by atoms with Gasteiger partial charge in [-0.05, 0) is 12.8 Å². The fourth-order valence-electron chi connectivity index (χ4n) is 1.71. The number of rotatable bonds is 2. The number of aromatic amines is 1. The van der Waals surface area contributed by atoms with Crippen LogP contribution in [0.2, 0.25) is 0 Å². The molecule has 1 saturated heterocycles. The Kier molecular flexibility index (Phi) is 2.61. The first kappa shape index (κ1) is 8.72. The lowest BCUT2D eigenvalue weighted by molar-refractivity contribution is 0.201. The van der Waals surface area contributed by atoms with E-state index in [2.05, 4.69) is 14.9 Å². The third kappa shape index (κ3) is 2.29. The van der Waals surface area contributed by atoms with Crippen molar-refractivity contribution in [3.63, 3.8) is 0 Å². The number of likely N-dealkylation sites (tertiary alicyclic amines) is 1. The van der Waals surface area contributed by atoms with Crippen molar-refractivity contribution in [2.75, 3.05) is 13.1 Å². The molecular weight excluding hydrogens is 164 g/mol. The average molecular weight is 180 g/mol. The molecule has 3 N–H and O–H groups in total. The first-order chi connectivity index (χ1) is 6.34. The highest BCUT2D eigenvalue weighted by molar-refractivity contribution is 4.88. The quantitative estimate of drug-likeness (QED) is 0.689. The maximum atomic E-state index is 5.82. The first-order valence-corrected chi connectivity index (χ1v) is 4.81. The molecule has 0 radical (unpaired) electrons. The van der Waals surface area contributed by atoms with Crippen LogP contribution in [0.1, 0.15) is 18.7 Å². The largest absolute Gasteiger partial charge is 0.348 e. The van der Waals surface area contributed by atoms with Crippen LogP contribution in [0.5, 0.6) is 0 Å². The molecule has 0 amide bonds. The Bertz CT molecular complexity index is 236. The summed E-state index contributed by atoms with van der Waals surface area (Å²) in [5.74, 6) is 1.05. The molecule has 13 heavy (non-hydrogen) atoms. The van der Waals surface area contributed by atoms with Gasteiger partial charge in [-0.3, -0.25) is 4.90 Å². The van der Waals surface area contributed by atoms with Gasteiger partial charge in [-0.15, -0.1) is 0 Å². The van der Waals surface area contributed by atoms with E-state index >= 15 is 0 Å². The van der Waals surface area contributed by atoms with Gasteiger partial charge in [0.2, 0.25) is 0 Å². The summed E-state index contributed by atoms with van der Waals surface area (Å²) in [6, 6.07) is 0.410. The Morgan fingerprint density at radius 1 is 1.54 bits per heavy atom. The Balaban J connectivity index is 1.83. The fourth-order valence-corrected chi connectivity index (χ4v) is 1.71. The summed E-state index contributed by atoms with van der Waals surface area (Å²) in [6.07, 6.45) is 5.89. The molecule has 0 atom stereocenters. The average Bonchev–Trinajstić information content (AvgIpc) is 2.62. The molecule has 1 aliphatic rings. The summed E-state index contributed by atoms with van der Waals surface area (Å²) in [6.45, 7) is 3.13. The third-order valence-corrected chi connectivity index (χ3v) is 2.56. The van der Waals surface area contributed by atoms with Gasteiger partial charge in [0, 0.05) is 31.5 Å². The van der Waals surface area contributed by atoms with Gasteiger partial charge in [0.25, 0.3) is 0 Å². The van der Waals surface area contributed by atoms with E-state index in [1.807, 2.05) is 6.20 Å².